The van der Waals surface area contributed by atoms with Crippen LogP contribution in [-0.4, -0.2) is 40.4 Å². The molecule has 16 heavy (non-hydrogen) atoms. The Bertz CT molecular complexity index is 422. The van der Waals surface area contributed by atoms with E-state index in [4.69, 9.17) is 10.9 Å². The molecular formula is C9H11BrN4O2. The number of likely N-dealkylation sites (N-methyl/N-ethyl adjacent to an activating group) is 1. The van der Waals surface area contributed by atoms with Crippen molar-refractivity contribution in [2.45, 2.75) is 0 Å². The van der Waals surface area contributed by atoms with Crippen LogP contribution >= 0.6 is 15.9 Å². The highest BCUT2D eigenvalue weighted by atomic mass is 79.9. The van der Waals surface area contributed by atoms with Crippen molar-refractivity contribution in [1.29, 1.82) is 0 Å². The number of amides is 1. The van der Waals surface area contributed by atoms with Gasteiger partial charge in [0.2, 0.25) is 0 Å². The zero-order valence-electron chi connectivity index (χ0n) is 8.59. The predicted octanol–water partition coefficient (Wildman–Crippen LogP) is 0.663. The maximum atomic E-state index is 11.8. The Balaban J connectivity index is 2.78. The lowest BCUT2D eigenvalue weighted by molar-refractivity contribution is 0.0813. The van der Waals surface area contributed by atoms with Gasteiger partial charge in [-0.2, -0.15) is 0 Å². The summed E-state index contributed by atoms with van der Waals surface area (Å²) in [6.07, 6.45) is 3.04. The number of halogens is 1. The lowest BCUT2D eigenvalue weighted by Gasteiger charge is -2.15. The summed E-state index contributed by atoms with van der Waals surface area (Å²) in [4.78, 5) is 17.0. The number of hydrogen-bond acceptors (Lipinski definition) is 4. The first kappa shape index (κ1) is 12.4. The minimum absolute atomic E-state index is 0.0289. The van der Waals surface area contributed by atoms with Crippen molar-refractivity contribution in [2.24, 2.45) is 10.9 Å². The largest absolute Gasteiger partial charge is 0.409 e. The van der Waals surface area contributed by atoms with E-state index >= 15 is 0 Å². The molecule has 0 aromatic carbocycles. The molecule has 86 valence electrons. The van der Waals surface area contributed by atoms with E-state index in [0.717, 1.165) is 4.47 Å². The molecule has 0 bridgehead atoms. The van der Waals surface area contributed by atoms with Crippen LogP contribution in [0.25, 0.3) is 0 Å². The number of aromatic nitrogens is 1. The van der Waals surface area contributed by atoms with Crippen molar-refractivity contribution in [2.75, 3.05) is 13.6 Å². The number of hydrogen-bond donors (Lipinski definition) is 2. The molecule has 0 aliphatic carbocycles. The number of carbonyl (C=O) groups excluding carboxylic acids is 1. The number of nitrogens with two attached hydrogens (primary N) is 1. The first-order chi connectivity index (χ1) is 7.54. The van der Waals surface area contributed by atoms with Crippen LogP contribution in [0.4, 0.5) is 0 Å². The number of pyridine rings is 1. The van der Waals surface area contributed by atoms with Gasteiger partial charge in [0.25, 0.3) is 5.91 Å². The molecule has 0 radical (unpaired) electrons. The lowest BCUT2D eigenvalue weighted by atomic mass is 10.2. The molecule has 0 saturated heterocycles. The van der Waals surface area contributed by atoms with E-state index in [0.29, 0.717) is 5.56 Å². The molecule has 1 aromatic heterocycles. The van der Waals surface area contributed by atoms with E-state index in [9.17, 15) is 4.79 Å². The fourth-order valence-electron chi connectivity index (χ4n) is 1.10. The molecule has 0 spiro atoms. The van der Waals surface area contributed by atoms with Crippen molar-refractivity contribution in [1.82, 2.24) is 9.88 Å². The summed E-state index contributed by atoms with van der Waals surface area (Å²) in [5, 5.41) is 11.2. The Morgan fingerprint density at radius 3 is 2.94 bits per heavy atom. The first-order valence-electron chi connectivity index (χ1n) is 4.37. The maximum absolute atomic E-state index is 11.8. The van der Waals surface area contributed by atoms with Gasteiger partial charge < -0.3 is 15.8 Å². The number of carbonyl (C=O) groups is 1. The number of oxime groups is 1. The van der Waals surface area contributed by atoms with E-state index in [1.54, 1.807) is 19.3 Å². The summed E-state index contributed by atoms with van der Waals surface area (Å²) in [7, 11) is 1.56. The predicted molar refractivity (Wildman–Crippen MR) is 62.3 cm³/mol. The van der Waals surface area contributed by atoms with Crippen molar-refractivity contribution in [3.63, 3.8) is 0 Å². The summed E-state index contributed by atoms with van der Waals surface area (Å²) in [5.74, 6) is -0.279. The highest BCUT2D eigenvalue weighted by Gasteiger charge is 2.13. The van der Waals surface area contributed by atoms with Gasteiger partial charge in [-0.1, -0.05) is 5.16 Å². The summed E-state index contributed by atoms with van der Waals surface area (Å²) in [5.41, 5.74) is 5.73. The lowest BCUT2D eigenvalue weighted by Crippen LogP contribution is -2.35. The van der Waals surface area contributed by atoms with Gasteiger partial charge in [0.15, 0.2) is 5.84 Å². The van der Waals surface area contributed by atoms with Gasteiger partial charge in [0.1, 0.15) is 0 Å². The molecule has 7 heteroatoms. The zero-order chi connectivity index (χ0) is 12.1. The van der Waals surface area contributed by atoms with E-state index in [-0.39, 0.29) is 18.3 Å². The van der Waals surface area contributed by atoms with Crippen molar-refractivity contribution in [3.8, 4) is 0 Å². The molecule has 3 N–H and O–H groups in total. The molecule has 1 amide bonds. The minimum Gasteiger partial charge on any atom is -0.409 e. The van der Waals surface area contributed by atoms with Gasteiger partial charge >= 0.3 is 0 Å². The SMILES string of the molecule is CN(CC(N)=NO)C(=O)c1cncc(Br)c1. The molecule has 0 fully saturated rings. The van der Waals surface area contributed by atoms with Crippen molar-refractivity contribution in [3.05, 3.63) is 28.5 Å². The van der Waals surface area contributed by atoms with E-state index in [1.807, 2.05) is 0 Å². The Labute approximate surface area is 101 Å². The summed E-state index contributed by atoms with van der Waals surface area (Å²) in [6.45, 7) is 0.0574. The van der Waals surface area contributed by atoms with Gasteiger partial charge in [0, 0.05) is 23.9 Å². The third-order valence-corrected chi connectivity index (χ3v) is 2.26. The normalized spacial score (nSPS) is 11.2. The van der Waals surface area contributed by atoms with Crippen LogP contribution < -0.4 is 5.73 Å². The van der Waals surface area contributed by atoms with E-state index < -0.39 is 0 Å². The van der Waals surface area contributed by atoms with E-state index in [2.05, 4.69) is 26.1 Å². The summed E-state index contributed by atoms with van der Waals surface area (Å²) in [6, 6.07) is 1.65. The topological polar surface area (TPSA) is 91.8 Å². The van der Waals surface area contributed by atoms with Gasteiger partial charge in [0.05, 0.1) is 12.1 Å². The molecule has 0 unspecified atom stereocenters. The average Bonchev–Trinajstić information content (AvgIpc) is 2.27. The van der Waals surface area contributed by atoms with Crippen molar-refractivity contribution < 1.29 is 10.0 Å². The third kappa shape index (κ3) is 3.20. The molecule has 0 saturated carbocycles. The Kier molecular flexibility index (Phi) is 4.24. The molecule has 1 rings (SSSR count). The first-order valence-corrected chi connectivity index (χ1v) is 5.16. The molecule has 6 nitrogen and oxygen atoms in total. The molecule has 0 aliphatic heterocycles. The van der Waals surface area contributed by atoms with Crippen LogP contribution in [0.15, 0.2) is 28.1 Å². The average molecular weight is 287 g/mol. The van der Waals surface area contributed by atoms with Crippen LogP contribution in [0.2, 0.25) is 0 Å². The number of rotatable bonds is 3. The van der Waals surface area contributed by atoms with Crippen LogP contribution in [-0.2, 0) is 0 Å². The highest BCUT2D eigenvalue weighted by molar-refractivity contribution is 9.10. The van der Waals surface area contributed by atoms with E-state index in [1.165, 1.54) is 11.1 Å². The van der Waals surface area contributed by atoms with Gasteiger partial charge in [-0.3, -0.25) is 9.78 Å². The zero-order valence-corrected chi connectivity index (χ0v) is 10.2. The van der Waals surface area contributed by atoms with Crippen molar-refractivity contribution >= 4 is 27.7 Å². The van der Waals surface area contributed by atoms with Gasteiger partial charge in [-0.15, -0.1) is 0 Å². The summed E-state index contributed by atoms with van der Waals surface area (Å²) >= 11 is 3.22. The number of nitrogens with zero attached hydrogens (tertiary/aromatic N) is 3. The number of amidine groups is 1. The van der Waals surface area contributed by atoms with Crippen LogP contribution in [0, 0.1) is 0 Å². The molecule has 0 aliphatic rings. The van der Waals surface area contributed by atoms with Gasteiger partial charge in [-0.25, -0.2) is 0 Å². The fourth-order valence-corrected chi connectivity index (χ4v) is 1.46. The highest BCUT2D eigenvalue weighted by Crippen LogP contribution is 2.10. The summed E-state index contributed by atoms with van der Waals surface area (Å²) < 4.78 is 0.718. The second-order valence-corrected chi connectivity index (χ2v) is 4.06. The fraction of sp³-hybridized carbons (Fsp3) is 0.222. The third-order valence-electron chi connectivity index (χ3n) is 1.83. The molecule has 1 heterocycles. The maximum Gasteiger partial charge on any atom is 0.255 e. The second-order valence-electron chi connectivity index (χ2n) is 3.14. The molecule has 0 atom stereocenters. The molecular weight excluding hydrogens is 276 g/mol. The standard InChI is InChI=1S/C9H11BrN4O2/c1-14(5-8(11)13-16)9(15)6-2-7(10)4-12-3-6/h2-4,16H,5H2,1H3,(H2,11,13). The van der Waals surface area contributed by atoms with Crippen LogP contribution in [0.5, 0.6) is 0 Å². The van der Waals surface area contributed by atoms with Crippen LogP contribution in [0.3, 0.4) is 0 Å². The Morgan fingerprint density at radius 1 is 1.69 bits per heavy atom. The Hall–Kier alpha value is -1.63. The molecule has 1 aromatic rings. The minimum atomic E-state index is -0.250. The Morgan fingerprint density at radius 2 is 2.38 bits per heavy atom. The van der Waals surface area contributed by atoms with Gasteiger partial charge in [-0.05, 0) is 22.0 Å². The second kappa shape index (κ2) is 5.45. The van der Waals surface area contributed by atoms with Crippen LogP contribution in [0.1, 0.15) is 10.4 Å². The quantitative estimate of drug-likeness (QED) is 0.370. The monoisotopic (exact) mass is 286 g/mol. The smallest absolute Gasteiger partial charge is 0.255 e.